The smallest absolute Gasteiger partial charge is 0.0919 e. The van der Waals surface area contributed by atoms with Gasteiger partial charge in [-0.15, -0.1) is 19.0 Å². The Morgan fingerprint density at radius 2 is 2.22 bits per heavy atom. The van der Waals surface area contributed by atoms with Gasteiger partial charge < -0.3 is 4.98 Å². The van der Waals surface area contributed by atoms with Crippen molar-refractivity contribution in [3.8, 4) is 0 Å². The van der Waals surface area contributed by atoms with Crippen LogP contribution in [-0.4, -0.2) is 9.97 Å². The molecule has 0 bridgehead atoms. The number of hydrogen-bond acceptors (Lipinski definition) is 1. The van der Waals surface area contributed by atoms with Crippen LogP contribution in [0.2, 0.25) is 0 Å². The minimum atomic E-state index is 0. The highest BCUT2D eigenvalue weighted by Gasteiger charge is 1.56. The third-order valence-corrected chi connectivity index (χ3v) is 0.406. The molecule has 2 nitrogen and oxygen atoms in total. The Hall–Kier alpha value is -0.760. The summed E-state index contributed by atoms with van der Waals surface area (Å²) in [6.07, 6.45) is 6.83. The van der Waals surface area contributed by atoms with E-state index in [2.05, 4.69) is 16.5 Å². The molecular weight excluding hydrogens is 136 g/mol. The van der Waals surface area contributed by atoms with E-state index in [1.807, 2.05) is 6.92 Å². The molecule has 0 fully saturated rings. The fraction of sp³-hybridized carbons (Fsp3) is 0.167. The molecule has 0 radical (unpaired) electrons. The Balaban J connectivity index is 0. The number of imidazole rings is 1. The molecule has 1 heterocycles. The van der Waals surface area contributed by atoms with Crippen molar-refractivity contribution in [3.63, 3.8) is 0 Å². The van der Waals surface area contributed by atoms with Crippen LogP contribution in [0.25, 0.3) is 0 Å². The summed E-state index contributed by atoms with van der Waals surface area (Å²) in [5.74, 6) is 0. The summed E-state index contributed by atoms with van der Waals surface area (Å²) in [4.78, 5) is 6.42. The van der Waals surface area contributed by atoms with Gasteiger partial charge in [-0.1, -0.05) is 6.08 Å². The van der Waals surface area contributed by atoms with Crippen LogP contribution in [0.3, 0.4) is 0 Å². The van der Waals surface area contributed by atoms with Crippen molar-refractivity contribution in [2.75, 3.05) is 0 Å². The maximum absolute atomic E-state index is 3.67. The van der Waals surface area contributed by atoms with Gasteiger partial charge in [0.05, 0.1) is 6.33 Å². The number of hydrogen-bond donors (Lipinski definition) is 1. The molecule has 0 aromatic carbocycles. The zero-order valence-corrected chi connectivity index (χ0v) is 6.19. The second-order valence-electron chi connectivity index (χ2n) is 1.17. The van der Waals surface area contributed by atoms with Crippen LogP contribution in [-0.2, 0) is 0 Å². The Bertz CT molecular complexity index is 97.4. The van der Waals surface area contributed by atoms with E-state index in [1.54, 1.807) is 24.8 Å². The third-order valence-electron chi connectivity index (χ3n) is 0.406. The van der Waals surface area contributed by atoms with Crippen LogP contribution in [0.5, 0.6) is 0 Å². The summed E-state index contributed by atoms with van der Waals surface area (Å²) in [6, 6.07) is 0. The normalized spacial score (nSPS) is 5.89. The van der Waals surface area contributed by atoms with Gasteiger partial charge in [-0.25, -0.2) is 4.98 Å². The summed E-state index contributed by atoms with van der Waals surface area (Å²) in [5, 5.41) is 0. The molecule has 0 spiro atoms. The zero-order chi connectivity index (χ0) is 6.24. The van der Waals surface area contributed by atoms with Gasteiger partial charge in [-0.05, 0) is 6.92 Å². The van der Waals surface area contributed by atoms with Crippen molar-refractivity contribution >= 4 is 12.4 Å². The first-order valence-electron chi connectivity index (χ1n) is 2.41. The average Bonchev–Trinajstić information content (AvgIpc) is 2.17. The zero-order valence-electron chi connectivity index (χ0n) is 5.37. The van der Waals surface area contributed by atoms with E-state index in [1.165, 1.54) is 0 Å². The first-order chi connectivity index (χ1) is 3.91. The number of H-pyrrole nitrogens is 1. The molecule has 3 heteroatoms. The summed E-state index contributed by atoms with van der Waals surface area (Å²) < 4.78 is 0. The third kappa shape index (κ3) is 11.1. The van der Waals surface area contributed by atoms with Crippen molar-refractivity contribution in [2.24, 2.45) is 0 Å². The van der Waals surface area contributed by atoms with Gasteiger partial charge >= 0.3 is 0 Å². The van der Waals surface area contributed by atoms with Crippen molar-refractivity contribution in [2.45, 2.75) is 6.92 Å². The minimum Gasteiger partial charge on any atom is -0.351 e. The maximum atomic E-state index is 3.67. The lowest BCUT2D eigenvalue weighted by molar-refractivity contribution is 1.31. The molecule has 52 valence electrons. The number of allylic oxidation sites excluding steroid dienone is 1. The first-order valence-corrected chi connectivity index (χ1v) is 2.41. The molecule has 0 unspecified atom stereocenters. The second-order valence-corrected chi connectivity index (χ2v) is 1.17. The van der Waals surface area contributed by atoms with Gasteiger partial charge in [0, 0.05) is 12.4 Å². The van der Waals surface area contributed by atoms with E-state index < -0.39 is 0 Å². The molecule has 0 amide bonds. The Morgan fingerprint density at radius 3 is 2.33 bits per heavy atom. The number of halogens is 1. The van der Waals surface area contributed by atoms with Crippen molar-refractivity contribution < 1.29 is 0 Å². The van der Waals surface area contributed by atoms with Crippen molar-refractivity contribution in [1.29, 1.82) is 0 Å². The Labute approximate surface area is 61.4 Å². The maximum Gasteiger partial charge on any atom is 0.0919 e. The highest BCUT2D eigenvalue weighted by Crippen LogP contribution is 1.62. The van der Waals surface area contributed by atoms with Gasteiger partial charge in [-0.3, -0.25) is 0 Å². The van der Waals surface area contributed by atoms with Crippen LogP contribution in [0.4, 0.5) is 0 Å². The quantitative estimate of drug-likeness (QED) is 0.558. The fourth-order valence-electron chi connectivity index (χ4n) is 0.215. The summed E-state index contributed by atoms with van der Waals surface area (Å²) in [6.45, 7) is 5.25. The van der Waals surface area contributed by atoms with E-state index in [9.17, 15) is 0 Å². The number of aromatic nitrogens is 2. The number of aromatic amines is 1. The molecule has 1 aromatic heterocycles. The van der Waals surface area contributed by atoms with Gasteiger partial charge in [0.15, 0.2) is 0 Å². The number of rotatable bonds is 0. The Morgan fingerprint density at radius 1 is 1.67 bits per heavy atom. The molecular formula is C6H11ClN2. The van der Waals surface area contributed by atoms with Crippen LogP contribution >= 0.6 is 12.4 Å². The van der Waals surface area contributed by atoms with E-state index in [4.69, 9.17) is 0 Å². The molecule has 0 saturated heterocycles. The standard InChI is InChI=1S/C3H4N2.C3H6.ClH/c1-2-5-3-4-1;1-3-2;/h1-3H,(H,4,5);3H,1H2,2H3;1H. The highest BCUT2D eigenvalue weighted by molar-refractivity contribution is 5.85. The van der Waals surface area contributed by atoms with E-state index in [0.29, 0.717) is 0 Å². The SMILES string of the molecule is C=CC.Cl.c1c[nH]cn1. The number of nitrogens with one attached hydrogen (secondary N) is 1. The van der Waals surface area contributed by atoms with E-state index in [0.717, 1.165) is 0 Å². The molecule has 0 aliphatic carbocycles. The lowest BCUT2D eigenvalue weighted by Gasteiger charge is -1.46. The molecule has 0 aliphatic heterocycles. The predicted molar refractivity (Wildman–Crippen MR) is 41.7 cm³/mol. The molecule has 0 aliphatic rings. The topological polar surface area (TPSA) is 28.7 Å². The average molecular weight is 147 g/mol. The first kappa shape index (κ1) is 11.1. The van der Waals surface area contributed by atoms with Crippen LogP contribution in [0.1, 0.15) is 6.92 Å². The lowest BCUT2D eigenvalue weighted by atomic mass is 10.8. The van der Waals surface area contributed by atoms with Crippen LogP contribution < -0.4 is 0 Å². The van der Waals surface area contributed by atoms with Gasteiger partial charge in [-0.2, -0.15) is 0 Å². The largest absolute Gasteiger partial charge is 0.351 e. The summed E-state index contributed by atoms with van der Waals surface area (Å²) in [5.41, 5.74) is 0. The molecule has 1 N–H and O–H groups in total. The fourth-order valence-corrected chi connectivity index (χ4v) is 0.215. The van der Waals surface area contributed by atoms with Crippen LogP contribution in [0, 0.1) is 0 Å². The second kappa shape index (κ2) is 10.3. The van der Waals surface area contributed by atoms with Gasteiger partial charge in [0.1, 0.15) is 0 Å². The molecule has 1 rings (SSSR count). The van der Waals surface area contributed by atoms with Crippen molar-refractivity contribution in [3.05, 3.63) is 31.4 Å². The number of nitrogens with zero attached hydrogens (tertiary/aromatic N) is 1. The minimum absolute atomic E-state index is 0. The molecule has 0 saturated carbocycles. The molecule has 1 aromatic rings. The van der Waals surface area contributed by atoms with E-state index >= 15 is 0 Å². The monoisotopic (exact) mass is 146 g/mol. The van der Waals surface area contributed by atoms with E-state index in [-0.39, 0.29) is 12.4 Å². The highest BCUT2D eigenvalue weighted by atomic mass is 35.5. The lowest BCUT2D eigenvalue weighted by Crippen LogP contribution is -1.44. The summed E-state index contributed by atoms with van der Waals surface area (Å²) in [7, 11) is 0. The Kier molecular flexibility index (Phi) is 12.7. The molecule has 0 atom stereocenters. The van der Waals surface area contributed by atoms with Crippen molar-refractivity contribution in [1.82, 2.24) is 9.97 Å². The predicted octanol–water partition coefficient (Wildman–Crippen LogP) is 2.02. The summed E-state index contributed by atoms with van der Waals surface area (Å²) >= 11 is 0. The van der Waals surface area contributed by atoms with Gasteiger partial charge in [0.2, 0.25) is 0 Å². The van der Waals surface area contributed by atoms with Gasteiger partial charge in [0.25, 0.3) is 0 Å². The molecule has 9 heavy (non-hydrogen) atoms. The van der Waals surface area contributed by atoms with Crippen LogP contribution in [0.15, 0.2) is 31.4 Å².